The van der Waals surface area contributed by atoms with Gasteiger partial charge in [0.2, 0.25) is 5.88 Å². The second kappa shape index (κ2) is 9.10. The summed E-state index contributed by atoms with van der Waals surface area (Å²) in [7, 11) is 0. The smallest absolute Gasteiger partial charge is 0.345 e. The fraction of sp³-hybridized carbons (Fsp3) is 0.364. The Morgan fingerprint density at radius 1 is 1.30 bits per heavy atom. The van der Waals surface area contributed by atoms with Crippen LogP contribution in [-0.2, 0) is 17.7 Å². The molecule has 0 aliphatic carbocycles. The maximum Gasteiger partial charge on any atom is 0.345 e. The number of benzene rings is 1. The summed E-state index contributed by atoms with van der Waals surface area (Å²) in [6.07, 6.45) is 5.56. The van der Waals surface area contributed by atoms with Crippen LogP contribution in [0, 0.1) is 0 Å². The predicted octanol–water partition coefficient (Wildman–Crippen LogP) is 2.46. The van der Waals surface area contributed by atoms with Gasteiger partial charge in [-0.2, -0.15) is 13.9 Å². The van der Waals surface area contributed by atoms with Gasteiger partial charge >= 0.3 is 6.61 Å². The van der Waals surface area contributed by atoms with E-state index in [1.165, 1.54) is 0 Å². The van der Waals surface area contributed by atoms with Crippen molar-refractivity contribution in [1.29, 1.82) is 0 Å². The van der Waals surface area contributed by atoms with Gasteiger partial charge in [0.05, 0.1) is 31.1 Å². The van der Waals surface area contributed by atoms with Crippen molar-refractivity contribution in [2.45, 2.75) is 38.1 Å². The van der Waals surface area contributed by atoms with E-state index in [0.717, 1.165) is 22.6 Å². The minimum atomic E-state index is -2.80. The quantitative estimate of drug-likeness (QED) is 0.582. The molecule has 9 nitrogen and oxygen atoms in total. The molecule has 2 aromatic heterocycles. The number of nitrogens with zero attached hydrogens (tertiary/aromatic N) is 4. The Labute approximate surface area is 187 Å². The van der Waals surface area contributed by atoms with E-state index < -0.39 is 6.61 Å². The van der Waals surface area contributed by atoms with Crippen LogP contribution in [0.4, 0.5) is 8.78 Å². The molecule has 172 valence electrons. The zero-order valence-electron chi connectivity index (χ0n) is 17.5. The van der Waals surface area contributed by atoms with Crippen LogP contribution in [0.1, 0.15) is 22.5 Å². The highest BCUT2D eigenvalue weighted by atomic mass is 19.3. The molecule has 0 radical (unpaired) electrons. The van der Waals surface area contributed by atoms with E-state index >= 15 is 0 Å². The van der Waals surface area contributed by atoms with Crippen LogP contribution >= 0.6 is 0 Å². The van der Waals surface area contributed by atoms with Crippen LogP contribution in [0.25, 0.3) is 11.3 Å². The number of carbonyl (C=O) groups is 1. The predicted molar refractivity (Wildman–Crippen MR) is 111 cm³/mol. The third-order valence-electron chi connectivity index (χ3n) is 5.48. The second-order valence-corrected chi connectivity index (χ2v) is 7.81. The first-order valence-corrected chi connectivity index (χ1v) is 10.5. The van der Waals surface area contributed by atoms with Gasteiger partial charge in [0.25, 0.3) is 5.91 Å². The number of fused-ring (bicyclic) bond motifs is 2. The van der Waals surface area contributed by atoms with Crippen molar-refractivity contribution in [3.63, 3.8) is 0 Å². The normalized spacial score (nSPS) is 18.9. The zero-order chi connectivity index (χ0) is 22.8. The monoisotopic (exact) mass is 457 g/mol. The minimum absolute atomic E-state index is 0.109. The molecule has 5 rings (SSSR count). The first-order valence-electron chi connectivity index (χ1n) is 10.5. The van der Waals surface area contributed by atoms with E-state index in [2.05, 4.69) is 25.1 Å². The average Bonchev–Trinajstić information content (AvgIpc) is 3.38. The van der Waals surface area contributed by atoms with Gasteiger partial charge in [-0.15, -0.1) is 0 Å². The van der Waals surface area contributed by atoms with Crippen molar-refractivity contribution >= 4 is 5.91 Å². The topological polar surface area (TPSA) is 100 Å². The zero-order valence-corrected chi connectivity index (χ0v) is 17.5. The number of hydrogen-bond donors (Lipinski definition) is 1. The van der Waals surface area contributed by atoms with E-state index in [0.29, 0.717) is 31.9 Å². The number of amides is 1. The Hall–Kier alpha value is -3.60. The lowest BCUT2D eigenvalue weighted by Crippen LogP contribution is -2.43. The molecule has 0 bridgehead atoms. The van der Waals surface area contributed by atoms with Crippen molar-refractivity contribution in [2.75, 3.05) is 13.2 Å². The summed E-state index contributed by atoms with van der Waals surface area (Å²) in [5.41, 5.74) is 2.89. The number of aromatic nitrogens is 4. The van der Waals surface area contributed by atoms with Crippen molar-refractivity contribution in [2.24, 2.45) is 0 Å². The number of alkyl halides is 2. The number of rotatable bonds is 7. The number of nitrogens with one attached hydrogen (secondary N) is 1. The molecular weight excluding hydrogens is 436 g/mol. The molecule has 4 heterocycles. The fourth-order valence-electron chi connectivity index (χ4n) is 3.93. The van der Waals surface area contributed by atoms with Crippen LogP contribution in [-0.4, -0.2) is 57.6 Å². The van der Waals surface area contributed by atoms with Crippen LogP contribution in [0.2, 0.25) is 0 Å². The van der Waals surface area contributed by atoms with Crippen LogP contribution < -0.4 is 14.8 Å². The number of halogens is 2. The van der Waals surface area contributed by atoms with Crippen LogP contribution in [0.5, 0.6) is 11.6 Å². The molecule has 2 atom stereocenters. The molecule has 1 N–H and O–H groups in total. The lowest BCUT2D eigenvalue weighted by molar-refractivity contribution is -0.132. The maximum atomic E-state index is 12.7. The van der Waals surface area contributed by atoms with Gasteiger partial charge in [-0.3, -0.25) is 14.8 Å². The van der Waals surface area contributed by atoms with Gasteiger partial charge in [0.15, 0.2) is 5.69 Å². The Morgan fingerprint density at radius 3 is 3.00 bits per heavy atom. The molecule has 33 heavy (non-hydrogen) atoms. The number of ether oxygens (including phenoxy) is 3. The lowest BCUT2D eigenvalue weighted by Gasteiger charge is -2.26. The summed E-state index contributed by atoms with van der Waals surface area (Å²) in [5.74, 6) is 0.880. The molecule has 0 saturated carbocycles. The number of hydrogen-bond acceptors (Lipinski definition) is 7. The van der Waals surface area contributed by atoms with E-state index in [9.17, 15) is 13.6 Å². The van der Waals surface area contributed by atoms with Gasteiger partial charge in [0, 0.05) is 30.4 Å². The van der Waals surface area contributed by atoms with E-state index in [1.807, 2.05) is 18.2 Å². The lowest BCUT2D eigenvalue weighted by atomic mass is 9.99. The second-order valence-electron chi connectivity index (χ2n) is 7.81. The fourth-order valence-corrected chi connectivity index (χ4v) is 3.93. The summed E-state index contributed by atoms with van der Waals surface area (Å²) >= 11 is 0. The largest absolute Gasteiger partial charge is 0.491 e. The Kier molecular flexibility index (Phi) is 5.86. The SMILES string of the molecule is O=C(N[C@H]1COc2ccc(-c3cnccn3)cc2C1)c1cc2n(n1)C[C@@H](CCOC(F)F)O2. The molecule has 0 unspecified atom stereocenters. The standard InChI is InChI=1S/C22H21F2N5O4/c23-22(24)31-6-3-16-11-29-20(33-16)9-17(28-29)21(30)27-15-8-14-7-13(1-2-19(14)32-12-15)18-10-25-4-5-26-18/h1-2,4-5,7,9-10,15-16,22H,3,6,8,11-12H2,(H,27,30)/t15-,16-/m1/s1. The minimum Gasteiger partial charge on any atom is -0.491 e. The molecule has 1 amide bonds. The van der Waals surface area contributed by atoms with Crippen molar-refractivity contribution in [3.05, 3.63) is 54.1 Å². The Morgan fingerprint density at radius 2 is 2.21 bits per heavy atom. The third kappa shape index (κ3) is 4.77. The van der Waals surface area contributed by atoms with Crippen molar-refractivity contribution in [3.8, 4) is 22.9 Å². The third-order valence-corrected chi connectivity index (χ3v) is 5.48. The van der Waals surface area contributed by atoms with Gasteiger partial charge in [-0.05, 0) is 30.2 Å². The molecule has 0 fully saturated rings. The van der Waals surface area contributed by atoms with Crippen molar-refractivity contribution < 1.29 is 27.8 Å². The van der Waals surface area contributed by atoms with E-state index in [1.54, 1.807) is 29.3 Å². The molecule has 1 aromatic carbocycles. The van der Waals surface area contributed by atoms with E-state index in [-0.39, 0.29) is 30.4 Å². The first kappa shape index (κ1) is 21.3. The molecule has 11 heteroatoms. The molecule has 0 spiro atoms. The van der Waals surface area contributed by atoms with E-state index in [4.69, 9.17) is 9.47 Å². The molecule has 2 aliphatic rings. The van der Waals surface area contributed by atoms with Crippen LogP contribution in [0.15, 0.2) is 42.9 Å². The molecule has 2 aliphatic heterocycles. The highest BCUT2D eigenvalue weighted by molar-refractivity contribution is 5.92. The van der Waals surface area contributed by atoms with Gasteiger partial charge in [-0.1, -0.05) is 0 Å². The summed E-state index contributed by atoms with van der Waals surface area (Å²) in [5, 5.41) is 7.24. The highest BCUT2D eigenvalue weighted by Gasteiger charge is 2.28. The summed E-state index contributed by atoms with van der Waals surface area (Å²) in [6.45, 7) is -2.18. The van der Waals surface area contributed by atoms with Gasteiger partial charge < -0.3 is 19.5 Å². The maximum absolute atomic E-state index is 12.7. The average molecular weight is 457 g/mol. The van der Waals surface area contributed by atoms with Crippen molar-refractivity contribution in [1.82, 2.24) is 25.1 Å². The van der Waals surface area contributed by atoms with Gasteiger partial charge in [0.1, 0.15) is 18.5 Å². The summed E-state index contributed by atoms with van der Waals surface area (Å²) in [4.78, 5) is 21.2. The van der Waals surface area contributed by atoms with Crippen LogP contribution in [0.3, 0.4) is 0 Å². The Bertz CT molecular complexity index is 1120. The molecular formula is C22H21F2N5O4. The number of carbonyl (C=O) groups excluding carboxylic acids is 1. The molecule has 0 saturated heterocycles. The summed E-state index contributed by atoms with van der Waals surface area (Å²) < 4.78 is 41.5. The molecule has 3 aromatic rings. The summed E-state index contributed by atoms with van der Waals surface area (Å²) in [6, 6.07) is 7.15. The highest BCUT2D eigenvalue weighted by Crippen LogP contribution is 2.30. The first-order chi connectivity index (χ1) is 16.0. The van der Waals surface area contributed by atoms with Gasteiger partial charge in [-0.25, -0.2) is 4.68 Å². The Balaban J connectivity index is 1.19.